The van der Waals surface area contributed by atoms with Crippen molar-refractivity contribution in [1.82, 2.24) is 4.31 Å². The van der Waals surface area contributed by atoms with Gasteiger partial charge >= 0.3 is 0 Å². The third-order valence-corrected chi connectivity index (χ3v) is 6.34. The summed E-state index contributed by atoms with van der Waals surface area (Å²) < 4.78 is 26.9. The minimum atomic E-state index is -3.59. The van der Waals surface area contributed by atoms with E-state index < -0.39 is 10.0 Å². The first kappa shape index (κ1) is 17.6. The van der Waals surface area contributed by atoms with Crippen molar-refractivity contribution in [3.8, 4) is 0 Å². The van der Waals surface area contributed by atoms with Gasteiger partial charge in [-0.2, -0.15) is 16.1 Å². The van der Waals surface area contributed by atoms with E-state index in [1.807, 2.05) is 13.2 Å². The van der Waals surface area contributed by atoms with E-state index in [4.69, 9.17) is 17.3 Å². The normalized spacial score (nSPS) is 13.7. The molecule has 2 N–H and O–H groups in total. The Labute approximate surface area is 130 Å². The van der Waals surface area contributed by atoms with Gasteiger partial charge in [0, 0.05) is 29.6 Å². The van der Waals surface area contributed by atoms with E-state index in [0.29, 0.717) is 16.3 Å². The molecule has 0 aromatic heterocycles. The third-order valence-electron chi connectivity index (χ3n) is 3.37. The molecule has 0 amide bonds. The lowest BCUT2D eigenvalue weighted by Gasteiger charge is -2.27. The van der Waals surface area contributed by atoms with Crippen LogP contribution in [0, 0.1) is 6.92 Å². The Bertz CT molecular complexity index is 576. The first-order chi connectivity index (χ1) is 9.25. The van der Waals surface area contributed by atoms with Gasteiger partial charge in [-0.1, -0.05) is 18.5 Å². The van der Waals surface area contributed by atoms with Crippen molar-refractivity contribution in [2.24, 2.45) is 0 Å². The zero-order valence-corrected chi connectivity index (χ0v) is 14.6. The maximum atomic E-state index is 12.7. The molecule has 0 heterocycles. The molecule has 1 rings (SSSR count). The molecule has 0 saturated carbocycles. The van der Waals surface area contributed by atoms with E-state index in [1.54, 1.807) is 31.8 Å². The number of rotatable bonds is 6. The van der Waals surface area contributed by atoms with Crippen LogP contribution in [0.15, 0.2) is 17.0 Å². The molecule has 0 saturated heterocycles. The van der Waals surface area contributed by atoms with E-state index in [1.165, 1.54) is 10.4 Å². The van der Waals surface area contributed by atoms with Gasteiger partial charge in [-0.05, 0) is 37.3 Å². The summed E-state index contributed by atoms with van der Waals surface area (Å²) in [7, 11) is -1.99. The second kappa shape index (κ2) is 7.02. The van der Waals surface area contributed by atoms with E-state index in [-0.39, 0.29) is 10.9 Å². The van der Waals surface area contributed by atoms with Crippen LogP contribution < -0.4 is 5.73 Å². The fraction of sp³-hybridized carbons (Fsp3) is 0.538. The van der Waals surface area contributed by atoms with Crippen molar-refractivity contribution in [2.45, 2.75) is 31.2 Å². The second-order valence-corrected chi connectivity index (χ2v) is 7.97. The van der Waals surface area contributed by atoms with Crippen LogP contribution >= 0.6 is 23.4 Å². The molecule has 0 radical (unpaired) electrons. The van der Waals surface area contributed by atoms with Crippen LogP contribution in [-0.4, -0.2) is 37.8 Å². The third kappa shape index (κ3) is 3.61. The Kier molecular flexibility index (Phi) is 6.19. The molecule has 7 heteroatoms. The zero-order chi connectivity index (χ0) is 15.5. The van der Waals surface area contributed by atoms with Crippen molar-refractivity contribution >= 4 is 39.1 Å². The number of nitrogens with two attached hydrogens (primary N) is 1. The van der Waals surface area contributed by atoms with Gasteiger partial charge in [0.2, 0.25) is 10.0 Å². The lowest BCUT2D eigenvalue weighted by atomic mass is 10.2. The number of halogens is 1. The maximum Gasteiger partial charge on any atom is 0.243 e. The first-order valence-electron chi connectivity index (χ1n) is 6.28. The van der Waals surface area contributed by atoms with Crippen LogP contribution in [0.3, 0.4) is 0 Å². The van der Waals surface area contributed by atoms with Crippen molar-refractivity contribution in [1.29, 1.82) is 0 Å². The van der Waals surface area contributed by atoms with Gasteiger partial charge in [0.05, 0.1) is 4.90 Å². The number of nitrogen functional groups attached to an aromatic ring is 1. The summed E-state index contributed by atoms with van der Waals surface area (Å²) in [6.45, 7) is 3.67. The lowest BCUT2D eigenvalue weighted by molar-refractivity contribution is 0.385. The van der Waals surface area contributed by atoms with E-state index in [2.05, 4.69) is 0 Å². The van der Waals surface area contributed by atoms with Crippen molar-refractivity contribution in [2.75, 3.05) is 24.8 Å². The molecule has 1 aromatic rings. The molecule has 4 nitrogen and oxygen atoms in total. The Morgan fingerprint density at radius 2 is 2.05 bits per heavy atom. The Morgan fingerprint density at radius 3 is 2.55 bits per heavy atom. The fourth-order valence-corrected chi connectivity index (χ4v) is 4.90. The minimum Gasteiger partial charge on any atom is -0.398 e. The number of benzene rings is 1. The topological polar surface area (TPSA) is 63.4 Å². The highest BCUT2D eigenvalue weighted by molar-refractivity contribution is 7.98. The monoisotopic (exact) mass is 336 g/mol. The van der Waals surface area contributed by atoms with Crippen molar-refractivity contribution < 1.29 is 8.42 Å². The van der Waals surface area contributed by atoms with Crippen LogP contribution in [0.1, 0.15) is 18.9 Å². The number of sulfonamides is 1. The first-order valence-corrected chi connectivity index (χ1v) is 9.49. The smallest absolute Gasteiger partial charge is 0.243 e. The standard InChI is InChI=1S/C13H21ClN2O2S2/c1-5-11(8-19-4)16(3)20(17,18)13-7-10(14)6-12(15)9(13)2/h6-7,11H,5,8,15H2,1-4H3. The van der Waals surface area contributed by atoms with E-state index >= 15 is 0 Å². The molecule has 0 aliphatic rings. The SMILES string of the molecule is CCC(CSC)N(C)S(=O)(=O)c1cc(Cl)cc(N)c1C. The highest BCUT2D eigenvalue weighted by Gasteiger charge is 2.29. The highest BCUT2D eigenvalue weighted by atomic mass is 35.5. The summed E-state index contributed by atoms with van der Waals surface area (Å²) in [4.78, 5) is 0.185. The molecule has 1 atom stereocenters. The highest BCUT2D eigenvalue weighted by Crippen LogP contribution is 2.29. The molecule has 20 heavy (non-hydrogen) atoms. The number of nitrogens with zero attached hydrogens (tertiary/aromatic N) is 1. The predicted molar refractivity (Wildman–Crippen MR) is 88.0 cm³/mol. The molecule has 114 valence electrons. The zero-order valence-electron chi connectivity index (χ0n) is 12.2. The maximum absolute atomic E-state index is 12.7. The van der Waals surface area contributed by atoms with Crippen LogP contribution in [0.5, 0.6) is 0 Å². The Hall–Kier alpha value is -0.430. The van der Waals surface area contributed by atoms with Gasteiger partial charge in [-0.15, -0.1) is 0 Å². The van der Waals surface area contributed by atoms with Crippen LogP contribution in [0.25, 0.3) is 0 Å². The molecule has 0 spiro atoms. The average molecular weight is 337 g/mol. The van der Waals surface area contributed by atoms with Crippen molar-refractivity contribution in [3.05, 3.63) is 22.7 Å². The van der Waals surface area contributed by atoms with Gasteiger partial charge in [-0.3, -0.25) is 0 Å². The Balaban J connectivity index is 3.29. The summed E-state index contributed by atoms with van der Waals surface area (Å²) in [5, 5.41) is 0.331. The van der Waals surface area contributed by atoms with Gasteiger partial charge in [0.25, 0.3) is 0 Å². The lowest BCUT2D eigenvalue weighted by Crippen LogP contribution is -2.38. The van der Waals surface area contributed by atoms with Crippen LogP contribution in [-0.2, 0) is 10.0 Å². The molecular weight excluding hydrogens is 316 g/mol. The Morgan fingerprint density at radius 1 is 1.45 bits per heavy atom. The van der Waals surface area contributed by atoms with Crippen LogP contribution in [0.2, 0.25) is 5.02 Å². The summed E-state index contributed by atoms with van der Waals surface area (Å²) >= 11 is 7.57. The predicted octanol–water partition coefficient (Wildman–Crippen LogP) is 2.99. The van der Waals surface area contributed by atoms with Gasteiger partial charge in [0.1, 0.15) is 0 Å². The molecule has 0 bridgehead atoms. The summed E-state index contributed by atoms with van der Waals surface area (Å²) in [6.07, 6.45) is 2.72. The summed E-state index contributed by atoms with van der Waals surface area (Å²) in [5.74, 6) is 0.751. The molecule has 0 fully saturated rings. The molecule has 1 unspecified atom stereocenters. The quantitative estimate of drug-likeness (QED) is 0.811. The van der Waals surface area contributed by atoms with Crippen molar-refractivity contribution in [3.63, 3.8) is 0 Å². The van der Waals surface area contributed by atoms with Gasteiger partial charge in [-0.25, -0.2) is 8.42 Å². The van der Waals surface area contributed by atoms with Gasteiger partial charge < -0.3 is 5.73 Å². The molecule has 0 aliphatic heterocycles. The number of thioether (sulfide) groups is 1. The second-order valence-electron chi connectivity index (χ2n) is 4.66. The van der Waals surface area contributed by atoms with E-state index in [0.717, 1.165) is 12.2 Å². The molecule has 0 aliphatic carbocycles. The minimum absolute atomic E-state index is 0.0467. The summed E-state index contributed by atoms with van der Waals surface area (Å²) in [5.41, 5.74) is 6.75. The average Bonchev–Trinajstić information content (AvgIpc) is 2.39. The fourth-order valence-electron chi connectivity index (χ4n) is 1.97. The molecular formula is C13H21ClN2O2S2. The van der Waals surface area contributed by atoms with Gasteiger partial charge in [0.15, 0.2) is 0 Å². The molecule has 1 aromatic carbocycles. The largest absolute Gasteiger partial charge is 0.398 e. The summed E-state index contributed by atoms with van der Waals surface area (Å²) in [6, 6.07) is 2.98. The number of anilines is 1. The number of hydrogen-bond acceptors (Lipinski definition) is 4. The van der Waals surface area contributed by atoms with E-state index in [9.17, 15) is 8.42 Å². The number of hydrogen-bond donors (Lipinski definition) is 1. The van der Waals surface area contributed by atoms with Crippen LogP contribution in [0.4, 0.5) is 5.69 Å².